The lowest BCUT2D eigenvalue weighted by Gasteiger charge is -2.20. The van der Waals surface area contributed by atoms with Gasteiger partial charge in [-0.05, 0) is 24.3 Å². The molecule has 3 heterocycles. The lowest BCUT2D eigenvalue weighted by Crippen LogP contribution is -2.19. The number of amides is 1. The maximum Gasteiger partial charge on any atom is 0.277 e. The quantitative estimate of drug-likeness (QED) is 0.787. The predicted octanol–water partition coefficient (Wildman–Crippen LogP) is 2.41. The molecule has 0 bridgehead atoms. The number of nitrogens with one attached hydrogen (secondary N) is 1. The molecule has 2 aromatic heterocycles. The van der Waals surface area contributed by atoms with Gasteiger partial charge in [0.05, 0.1) is 11.4 Å². The van der Waals surface area contributed by atoms with Gasteiger partial charge in [-0.1, -0.05) is 18.2 Å². The molecule has 4 rings (SSSR count). The molecule has 0 saturated carbocycles. The second kappa shape index (κ2) is 5.00. The van der Waals surface area contributed by atoms with E-state index in [1.165, 1.54) is 0 Å². The first-order valence-electron chi connectivity index (χ1n) is 6.84. The average molecular weight is 292 g/mol. The van der Waals surface area contributed by atoms with E-state index in [4.69, 9.17) is 4.74 Å². The first-order chi connectivity index (χ1) is 10.8. The van der Waals surface area contributed by atoms with Gasteiger partial charge in [0.15, 0.2) is 5.69 Å². The molecule has 0 saturated heterocycles. The number of aromatic nitrogens is 3. The van der Waals surface area contributed by atoms with E-state index >= 15 is 0 Å². The molecule has 108 valence electrons. The molecule has 6 nitrogen and oxygen atoms in total. The number of nitrogens with zero attached hydrogens (tertiary/aromatic N) is 3. The zero-order valence-corrected chi connectivity index (χ0v) is 11.6. The van der Waals surface area contributed by atoms with Gasteiger partial charge in [0.25, 0.3) is 5.91 Å². The Kier molecular flexibility index (Phi) is 2.86. The van der Waals surface area contributed by atoms with Gasteiger partial charge in [-0.3, -0.25) is 9.36 Å². The molecular weight excluding hydrogens is 280 g/mol. The summed E-state index contributed by atoms with van der Waals surface area (Å²) >= 11 is 0. The molecule has 6 heteroatoms. The van der Waals surface area contributed by atoms with Crippen LogP contribution >= 0.6 is 0 Å². The molecule has 0 radical (unpaired) electrons. The summed E-state index contributed by atoms with van der Waals surface area (Å²) in [6.07, 6.45) is 3.27. The van der Waals surface area contributed by atoms with Crippen LogP contribution in [0.1, 0.15) is 16.2 Å². The zero-order valence-electron chi connectivity index (χ0n) is 11.6. The van der Waals surface area contributed by atoms with E-state index in [0.29, 0.717) is 18.1 Å². The lowest BCUT2D eigenvalue weighted by atomic mass is 10.2. The van der Waals surface area contributed by atoms with E-state index in [9.17, 15) is 4.79 Å². The number of fused-ring (bicyclic) bond motifs is 3. The third-order valence-electron chi connectivity index (χ3n) is 3.48. The van der Waals surface area contributed by atoms with Crippen molar-refractivity contribution in [2.45, 2.75) is 6.61 Å². The van der Waals surface area contributed by atoms with E-state index in [-0.39, 0.29) is 5.91 Å². The summed E-state index contributed by atoms with van der Waals surface area (Å²) in [5, 5.41) is 2.74. The van der Waals surface area contributed by atoms with Crippen LogP contribution in [0.2, 0.25) is 0 Å². The van der Waals surface area contributed by atoms with Gasteiger partial charge in [-0.25, -0.2) is 9.97 Å². The molecule has 0 fully saturated rings. The highest BCUT2D eigenvalue weighted by molar-refractivity contribution is 6.03. The Bertz CT molecular complexity index is 842. The van der Waals surface area contributed by atoms with Crippen molar-refractivity contribution < 1.29 is 9.53 Å². The fraction of sp³-hybridized carbons (Fsp3) is 0.0625. The topological polar surface area (TPSA) is 69.0 Å². The van der Waals surface area contributed by atoms with Crippen LogP contribution in [0.25, 0.3) is 5.69 Å². The highest BCUT2D eigenvalue weighted by Gasteiger charge is 2.24. The van der Waals surface area contributed by atoms with Crippen molar-refractivity contribution in [1.82, 2.24) is 14.5 Å². The SMILES string of the molecule is O=C(Nc1ccccn1)c1ncn2c1COc1ccccc1-2. The fourth-order valence-electron chi connectivity index (χ4n) is 2.45. The molecule has 1 aliphatic rings. The molecule has 3 aromatic rings. The van der Waals surface area contributed by atoms with Crippen molar-refractivity contribution in [3.63, 3.8) is 0 Å². The van der Waals surface area contributed by atoms with Crippen molar-refractivity contribution in [2.24, 2.45) is 0 Å². The van der Waals surface area contributed by atoms with Crippen molar-refractivity contribution in [3.05, 3.63) is 66.4 Å². The number of benzene rings is 1. The van der Waals surface area contributed by atoms with E-state index in [0.717, 1.165) is 17.1 Å². The van der Waals surface area contributed by atoms with Gasteiger partial charge in [0.1, 0.15) is 24.5 Å². The standard InChI is InChI=1S/C16H12N4O2/c21-16(19-14-7-3-4-8-17-14)15-12-9-22-13-6-2-1-5-11(13)20(12)10-18-15/h1-8,10H,9H2,(H,17,19,21). The van der Waals surface area contributed by atoms with E-state index < -0.39 is 0 Å². The monoisotopic (exact) mass is 292 g/mol. The summed E-state index contributed by atoms with van der Waals surface area (Å²) in [7, 11) is 0. The van der Waals surface area contributed by atoms with Crippen LogP contribution in [0.3, 0.4) is 0 Å². The van der Waals surface area contributed by atoms with Gasteiger partial charge in [0, 0.05) is 6.20 Å². The number of imidazole rings is 1. The molecule has 1 amide bonds. The van der Waals surface area contributed by atoms with Crippen LogP contribution in [0, 0.1) is 0 Å². The molecular formula is C16H12N4O2. The highest BCUT2D eigenvalue weighted by atomic mass is 16.5. The van der Waals surface area contributed by atoms with Crippen molar-refractivity contribution in [1.29, 1.82) is 0 Å². The first-order valence-corrected chi connectivity index (χ1v) is 6.84. The summed E-state index contributed by atoms with van der Waals surface area (Å²) in [4.78, 5) is 20.7. The van der Waals surface area contributed by atoms with Gasteiger partial charge in [0.2, 0.25) is 0 Å². The van der Waals surface area contributed by atoms with Gasteiger partial charge in [-0.15, -0.1) is 0 Å². The molecule has 22 heavy (non-hydrogen) atoms. The summed E-state index contributed by atoms with van der Waals surface area (Å²) in [6.45, 7) is 0.308. The number of para-hydroxylation sites is 2. The van der Waals surface area contributed by atoms with E-state index in [1.807, 2.05) is 34.9 Å². The largest absolute Gasteiger partial charge is 0.485 e. The Morgan fingerprint density at radius 1 is 1.14 bits per heavy atom. The van der Waals surface area contributed by atoms with Crippen LogP contribution in [0.5, 0.6) is 5.75 Å². The smallest absolute Gasteiger partial charge is 0.277 e. The number of carbonyl (C=O) groups excluding carboxylic acids is 1. The van der Waals surface area contributed by atoms with E-state index in [2.05, 4.69) is 15.3 Å². The Morgan fingerprint density at radius 2 is 2.00 bits per heavy atom. The van der Waals surface area contributed by atoms with Gasteiger partial charge >= 0.3 is 0 Å². The van der Waals surface area contributed by atoms with Crippen LogP contribution in [-0.2, 0) is 6.61 Å². The van der Waals surface area contributed by atoms with Crippen LogP contribution in [0.4, 0.5) is 5.82 Å². The normalized spacial score (nSPS) is 12.0. The summed E-state index contributed by atoms with van der Waals surface area (Å²) < 4.78 is 7.57. The average Bonchev–Trinajstić information content (AvgIpc) is 3.00. The van der Waals surface area contributed by atoms with Crippen LogP contribution < -0.4 is 10.1 Å². The molecule has 1 aliphatic heterocycles. The van der Waals surface area contributed by atoms with Crippen molar-refractivity contribution >= 4 is 11.7 Å². The lowest BCUT2D eigenvalue weighted by molar-refractivity contribution is 0.101. The molecule has 0 atom stereocenters. The number of carbonyl (C=O) groups is 1. The Labute approximate surface area is 126 Å². The Hall–Kier alpha value is -3.15. The fourth-order valence-corrected chi connectivity index (χ4v) is 2.45. The zero-order chi connectivity index (χ0) is 14.9. The summed E-state index contributed by atoms with van der Waals surface area (Å²) in [5.74, 6) is 0.978. The van der Waals surface area contributed by atoms with Crippen molar-refractivity contribution in [3.8, 4) is 11.4 Å². The number of pyridine rings is 1. The molecule has 0 spiro atoms. The van der Waals surface area contributed by atoms with Gasteiger partial charge < -0.3 is 10.1 Å². The molecule has 0 aliphatic carbocycles. The minimum absolute atomic E-state index is 0.296. The van der Waals surface area contributed by atoms with Crippen molar-refractivity contribution in [2.75, 3.05) is 5.32 Å². The molecule has 1 N–H and O–H groups in total. The van der Waals surface area contributed by atoms with Gasteiger partial charge in [-0.2, -0.15) is 0 Å². The van der Waals surface area contributed by atoms with Crippen LogP contribution in [0.15, 0.2) is 55.0 Å². The summed E-state index contributed by atoms with van der Waals surface area (Å²) in [5.41, 5.74) is 1.96. The number of anilines is 1. The third-order valence-corrected chi connectivity index (χ3v) is 3.48. The minimum atomic E-state index is -0.296. The Balaban J connectivity index is 1.69. The predicted molar refractivity (Wildman–Crippen MR) is 80.1 cm³/mol. The third kappa shape index (κ3) is 2.01. The second-order valence-electron chi connectivity index (χ2n) is 4.84. The van der Waals surface area contributed by atoms with E-state index in [1.54, 1.807) is 24.7 Å². The Morgan fingerprint density at radius 3 is 2.86 bits per heavy atom. The number of hydrogen-bond acceptors (Lipinski definition) is 4. The summed E-state index contributed by atoms with van der Waals surface area (Å²) in [6, 6.07) is 13.0. The number of rotatable bonds is 2. The molecule has 1 aromatic carbocycles. The van der Waals surface area contributed by atoms with Crippen LogP contribution in [-0.4, -0.2) is 20.4 Å². The maximum absolute atomic E-state index is 12.4. The highest BCUT2D eigenvalue weighted by Crippen LogP contribution is 2.30. The first kappa shape index (κ1) is 12.6. The number of hydrogen-bond donors (Lipinski definition) is 1. The second-order valence-corrected chi connectivity index (χ2v) is 4.84. The molecule has 0 unspecified atom stereocenters. The number of ether oxygens (including phenoxy) is 1. The maximum atomic E-state index is 12.4. The minimum Gasteiger partial charge on any atom is -0.485 e.